The number of urea groups is 1. The number of ether oxygens (including phenoxy) is 8. The molecule has 19 heteroatoms. The number of aliphatic hydroxyl groups is 2. The average Bonchev–Trinajstić information content (AvgIpc) is 3.92. The number of fused-ring (bicyclic) bond motifs is 12. The predicted octanol–water partition coefficient (Wildman–Crippen LogP) is 1.35. The topological polar surface area (TPSA) is 196 Å². The molecule has 2 saturated heterocycles. The van der Waals surface area contributed by atoms with Gasteiger partial charge in [-0.15, -0.1) is 0 Å². The summed E-state index contributed by atoms with van der Waals surface area (Å²) in [5.41, 5.74) is 3.68. The van der Waals surface area contributed by atoms with Gasteiger partial charge in [0.2, 0.25) is 13.6 Å². The van der Waals surface area contributed by atoms with E-state index in [1.54, 1.807) is 64.1 Å². The fourth-order valence-electron chi connectivity index (χ4n) is 8.49. The Morgan fingerprint density at radius 1 is 0.768 bits per heavy atom. The Labute approximate surface area is 354 Å². The first-order valence-corrected chi connectivity index (χ1v) is 17.6. The first-order valence-electron chi connectivity index (χ1n) is 17.6. The average molecular weight is 970 g/mol. The summed E-state index contributed by atoms with van der Waals surface area (Å²) >= 11 is 0. The van der Waals surface area contributed by atoms with Crippen molar-refractivity contribution in [2.24, 2.45) is 0 Å². The van der Waals surface area contributed by atoms with Crippen LogP contribution in [0.15, 0.2) is 36.4 Å². The van der Waals surface area contributed by atoms with Crippen molar-refractivity contribution in [3.63, 3.8) is 0 Å². The van der Waals surface area contributed by atoms with Gasteiger partial charge in [-0.25, -0.2) is 14.8 Å². The van der Waals surface area contributed by atoms with Gasteiger partial charge in [0.15, 0.2) is 34.6 Å². The van der Waals surface area contributed by atoms with Gasteiger partial charge in [-0.1, -0.05) is 0 Å². The molecule has 0 saturated carbocycles. The first kappa shape index (κ1) is 40.7. The summed E-state index contributed by atoms with van der Waals surface area (Å²) in [6, 6.07) is 5.30. The second-order valence-corrected chi connectivity index (χ2v) is 15.0. The molecule has 0 spiro atoms. The number of amides is 4. The number of carbonyl (C=O) groups is 3. The van der Waals surface area contributed by atoms with Crippen LogP contribution in [0.2, 0.25) is 0 Å². The number of hydrogen-bond acceptors (Lipinski definition) is 13. The van der Waals surface area contributed by atoms with Crippen molar-refractivity contribution in [1.82, 2.24) is 20.7 Å². The maximum absolute atomic E-state index is 13.6. The van der Waals surface area contributed by atoms with Gasteiger partial charge in [-0.2, -0.15) is 0 Å². The minimum absolute atomic E-state index is 0. The fraction of sp³-hybridized carbons (Fsp3) is 0.486. The fourth-order valence-corrected chi connectivity index (χ4v) is 8.49. The van der Waals surface area contributed by atoms with Crippen LogP contribution in [0, 0.1) is 0 Å². The Morgan fingerprint density at radius 2 is 1.21 bits per heavy atom. The van der Waals surface area contributed by atoms with Crippen molar-refractivity contribution in [2.75, 3.05) is 27.7 Å². The zero-order chi connectivity index (χ0) is 38.0. The van der Waals surface area contributed by atoms with E-state index in [4.69, 9.17) is 37.9 Å². The number of hydrogen-bond donors (Lipinski definition) is 4. The number of carbonyl (C=O) groups excluding carboxylic acids is 3. The summed E-state index contributed by atoms with van der Waals surface area (Å²) < 4.78 is 45.5. The third-order valence-electron chi connectivity index (χ3n) is 10.7. The van der Waals surface area contributed by atoms with Gasteiger partial charge in [-0.3, -0.25) is 9.59 Å². The van der Waals surface area contributed by atoms with E-state index >= 15 is 0 Å². The Kier molecular flexibility index (Phi) is 10.5. The zero-order valence-electron chi connectivity index (χ0n) is 33.3. The minimum atomic E-state index is -0.949. The van der Waals surface area contributed by atoms with E-state index in [1.165, 1.54) is 24.1 Å². The van der Waals surface area contributed by atoms with Crippen LogP contribution in [0.25, 0.3) is 11.1 Å². The van der Waals surface area contributed by atoms with Gasteiger partial charge >= 0.3 is 29.1 Å². The molecule has 2 aliphatic carbocycles. The van der Waals surface area contributed by atoms with Gasteiger partial charge in [0.1, 0.15) is 42.7 Å². The number of nitrogens with zero attached hydrogens (tertiary/aromatic N) is 2. The van der Waals surface area contributed by atoms with Crippen LogP contribution in [-0.4, -0.2) is 149 Å². The van der Waals surface area contributed by atoms with E-state index in [0.717, 1.165) is 11.1 Å². The zero-order valence-corrected chi connectivity index (χ0v) is 35.0. The molecule has 0 aromatic heterocycles. The smallest absolute Gasteiger partial charge is 1.00 e. The van der Waals surface area contributed by atoms with Crippen LogP contribution in [0.5, 0.6) is 23.0 Å². The summed E-state index contributed by atoms with van der Waals surface area (Å²) in [4.78, 5) is 38.6. The normalized spacial score (nSPS) is 31.1. The van der Waals surface area contributed by atoms with Crippen molar-refractivity contribution in [2.45, 2.75) is 88.0 Å². The predicted molar refractivity (Wildman–Crippen MR) is 192 cm³/mol. The van der Waals surface area contributed by atoms with Gasteiger partial charge in [0.25, 0.3) is 11.8 Å². The van der Waals surface area contributed by atoms with E-state index in [-0.39, 0.29) is 78.4 Å². The molecule has 6 heterocycles. The molecule has 2 fully saturated rings. The van der Waals surface area contributed by atoms with Crippen LogP contribution in [0.4, 0.5) is 4.79 Å². The van der Waals surface area contributed by atoms with Gasteiger partial charge in [0, 0.05) is 35.2 Å². The van der Waals surface area contributed by atoms with E-state index in [9.17, 15) is 24.6 Å². The van der Waals surface area contributed by atoms with Crippen molar-refractivity contribution >= 4 is 52.0 Å². The molecule has 0 unspecified atom stereocenters. The molecule has 300 valence electrons. The molecule has 10 rings (SSSR count). The van der Waals surface area contributed by atoms with Gasteiger partial charge in [-0.05, 0) is 86.4 Å². The van der Waals surface area contributed by atoms with Gasteiger partial charge < -0.3 is 61.6 Å². The second kappa shape index (κ2) is 14.4. The Bertz CT molecular complexity index is 2070. The Balaban J connectivity index is 0.000000211. The summed E-state index contributed by atoms with van der Waals surface area (Å²) in [6.07, 6.45) is -0.673. The standard InChI is InChI=1S/C20H23N3O7.C17H17NO6.Mg.Pt.2H/c1-20(2)29-16-12(24)5-10-9-6-13-14(28-8-27-13)7-11(9)18(25)23(15(10)17(16)30-20)22(4)19(26)21-3;1-17(2)23-14-10(19)3-8-7-4-11-12(22-6-21-11)5-9(7)16(20)18-13(8)15(14)24-17;;;;/h5-7,12,15-17,24H,8H2,1-4H3,(H,21,26);3-5,10,13-15,19H,6H2,1-2H3,(H,18,20);;;;/q;;+2;;2*-1/t12-,15+,16+,17-;10-,13+,14+,15-;;;;/m00..../s1. The molecule has 56 heavy (non-hydrogen) atoms. The summed E-state index contributed by atoms with van der Waals surface area (Å²) in [7, 11) is 3.00. The molecule has 2 aromatic rings. The SMILES string of the molecule is CC1(C)O[C@@H]2[C@H](O1)[C@@H](O)C=C1c3cc4c(cc3C(=O)N[C@H]12)OCO4.CNC(=O)N(C)N1C(=O)c2cc3c(cc2C2=C[C@H](O)[C@H]4OC(C)(C)O[C@H]4[C@@H]21)OCO3.[H-].[H-].[Mg+2].[Pt]. The van der Waals surface area contributed by atoms with Crippen molar-refractivity contribution in [1.29, 1.82) is 0 Å². The molecule has 2 aromatic carbocycles. The minimum Gasteiger partial charge on any atom is -1.00 e. The van der Waals surface area contributed by atoms with Crippen LogP contribution >= 0.6 is 0 Å². The summed E-state index contributed by atoms with van der Waals surface area (Å²) in [5.74, 6) is -0.208. The molecule has 8 aliphatic rings. The van der Waals surface area contributed by atoms with Gasteiger partial charge in [0.05, 0.1) is 17.2 Å². The van der Waals surface area contributed by atoms with Crippen molar-refractivity contribution in [3.8, 4) is 23.0 Å². The molecule has 17 nitrogen and oxygen atoms in total. The first-order chi connectivity index (χ1) is 25.6. The number of benzene rings is 2. The largest absolute Gasteiger partial charge is 2.00 e. The Hall–Kier alpha value is -3.46. The van der Waals surface area contributed by atoms with Crippen LogP contribution in [0.1, 0.15) is 62.4 Å². The van der Waals surface area contributed by atoms with Crippen molar-refractivity contribution in [3.05, 3.63) is 58.7 Å². The molecular weight excluding hydrogens is 928 g/mol. The van der Waals surface area contributed by atoms with Crippen LogP contribution < -0.4 is 29.6 Å². The number of aliphatic hydroxyl groups excluding tert-OH is 2. The maximum atomic E-state index is 13.6. The molecule has 0 radical (unpaired) electrons. The summed E-state index contributed by atoms with van der Waals surface area (Å²) in [5, 5.41) is 29.3. The quantitative estimate of drug-likeness (QED) is 0.300. The summed E-state index contributed by atoms with van der Waals surface area (Å²) in [6.45, 7) is 7.31. The van der Waals surface area contributed by atoms with E-state index < -0.39 is 60.3 Å². The van der Waals surface area contributed by atoms with Crippen LogP contribution in [0.3, 0.4) is 0 Å². The molecule has 4 amide bonds. The monoisotopic (exact) mass is 969 g/mol. The molecule has 0 bridgehead atoms. The molecular formula is C37H42MgN4O13Pt. The third-order valence-corrected chi connectivity index (χ3v) is 10.7. The van der Waals surface area contributed by atoms with Crippen molar-refractivity contribution < 1.29 is 86.4 Å². The number of hydrazine groups is 1. The molecule has 4 N–H and O–H groups in total. The Morgan fingerprint density at radius 3 is 1.77 bits per heavy atom. The second-order valence-electron chi connectivity index (χ2n) is 15.0. The third kappa shape index (κ3) is 6.46. The van der Waals surface area contributed by atoms with E-state index in [0.29, 0.717) is 45.3 Å². The molecule has 6 aliphatic heterocycles. The number of nitrogens with one attached hydrogen (secondary N) is 2. The van der Waals surface area contributed by atoms with Crippen LogP contribution in [-0.2, 0) is 40.0 Å². The van der Waals surface area contributed by atoms with E-state index in [2.05, 4.69) is 10.6 Å². The van der Waals surface area contributed by atoms with E-state index in [1.807, 2.05) is 0 Å². The molecule has 8 atom stereocenters. The number of rotatable bonds is 1. The maximum Gasteiger partial charge on any atom is 2.00 e.